The number of ether oxygens (including phenoxy) is 1. The highest BCUT2D eigenvalue weighted by molar-refractivity contribution is 7.12. The van der Waals surface area contributed by atoms with Crippen LogP contribution in [-0.2, 0) is 10.2 Å². The number of nitrogens with two attached hydrogens (primary N) is 1. The summed E-state index contributed by atoms with van der Waals surface area (Å²) < 4.78 is 5.79. The highest BCUT2D eigenvalue weighted by Gasteiger charge is 2.27. The first-order chi connectivity index (χ1) is 7.48. The minimum atomic E-state index is 0.120. The number of hydrogen-bond acceptors (Lipinski definition) is 3. The largest absolute Gasteiger partial charge is 0.371 e. The summed E-state index contributed by atoms with van der Waals surface area (Å²) in [4.78, 5) is 2.70. The van der Waals surface area contributed by atoms with Crippen LogP contribution < -0.4 is 5.73 Å². The Hall–Kier alpha value is -0.380. The van der Waals surface area contributed by atoms with Crippen molar-refractivity contribution in [3.05, 3.63) is 21.9 Å². The fourth-order valence-electron chi connectivity index (χ4n) is 2.01. The van der Waals surface area contributed by atoms with Gasteiger partial charge >= 0.3 is 0 Å². The van der Waals surface area contributed by atoms with E-state index in [1.807, 2.05) is 11.3 Å². The van der Waals surface area contributed by atoms with Gasteiger partial charge < -0.3 is 10.5 Å². The van der Waals surface area contributed by atoms with Gasteiger partial charge in [0.1, 0.15) is 6.10 Å². The van der Waals surface area contributed by atoms with Crippen molar-refractivity contribution < 1.29 is 4.74 Å². The maximum atomic E-state index is 6.11. The highest BCUT2D eigenvalue weighted by Crippen LogP contribution is 2.36. The second kappa shape index (κ2) is 4.47. The monoisotopic (exact) mass is 239 g/mol. The Balaban J connectivity index is 2.18. The summed E-state index contributed by atoms with van der Waals surface area (Å²) in [6, 6.07) is 4.56. The molecule has 1 aliphatic rings. The van der Waals surface area contributed by atoms with E-state index >= 15 is 0 Å². The van der Waals surface area contributed by atoms with Gasteiger partial charge in [0.25, 0.3) is 0 Å². The normalized spacial score (nSPS) is 27.0. The Morgan fingerprint density at radius 3 is 2.69 bits per heavy atom. The van der Waals surface area contributed by atoms with Gasteiger partial charge in [0, 0.05) is 22.4 Å². The molecule has 0 radical (unpaired) electrons. The minimum absolute atomic E-state index is 0.120. The van der Waals surface area contributed by atoms with Crippen LogP contribution in [0.25, 0.3) is 0 Å². The van der Waals surface area contributed by atoms with Crippen molar-refractivity contribution in [2.45, 2.75) is 51.2 Å². The third-order valence-corrected chi connectivity index (χ3v) is 4.59. The van der Waals surface area contributed by atoms with Crippen molar-refractivity contribution in [3.63, 3.8) is 0 Å². The van der Waals surface area contributed by atoms with Crippen LogP contribution in [0.4, 0.5) is 0 Å². The first-order valence-corrected chi connectivity index (χ1v) is 6.77. The molecule has 0 aromatic carbocycles. The van der Waals surface area contributed by atoms with E-state index in [1.165, 1.54) is 9.75 Å². The van der Waals surface area contributed by atoms with Crippen LogP contribution in [0, 0.1) is 0 Å². The molecule has 2 N–H and O–H groups in total. The maximum Gasteiger partial charge on any atom is 0.107 e. The number of rotatable bonds is 1. The summed E-state index contributed by atoms with van der Waals surface area (Å²) in [5, 5.41) is 0. The van der Waals surface area contributed by atoms with Crippen LogP contribution >= 0.6 is 11.3 Å². The summed E-state index contributed by atoms with van der Waals surface area (Å²) in [5.74, 6) is 0. The highest BCUT2D eigenvalue weighted by atomic mass is 32.1. The van der Waals surface area contributed by atoms with E-state index in [0.717, 1.165) is 19.4 Å². The molecule has 1 aromatic rings. The molecule has 0 spiro atoms. The molecule has 16 heavy (non-hydrogen) atoms. The van der Waals surface area contributed by atoms with E-state index in [1.54, 1.807) is 0 Å². The standard InChI is InChI=1S/C13H21NOS/c1-13(2,3)11-7-6-10(16-11)12-9(14)5-4-8-15-12/h6-7,9,12H,4-5,8,14H2,1-3H3. The van der Waals surface area contributed by atoms with E-state index in [4.69, 9.17) is 10.5 Å². The lowest BCUT2D eigenvalue weighted by molar-refractivity contribution is 0.00235. The van der Waals surface area contributed by atoms with Crippen LogP contribution in [0.2, 0.25) is 0 Å². The Morgan fingerprint density at radius 2 is 2.12 bits per heavy atom. The fraction of sp³-hybridized carbons (Fsp3) is 0.692. The zero-order chi connectivity index (χ0) is 11.8. The zero-order valence-corrected chi connectivity index (χ0v) is 11.1. The van der Waals surface area contributed by atoms with Gasteiger partial charge in [-0.25, -0.2) is 0 Å². The third kappa shape index (κ3) is 2.47. The van der Waals surface area contributed by atoms with Gasteiger partial charge in [0.2, 0.25) is 0 Å². The average Bonchev–Trinajstić information content (AvgIpc) is 2.66. The van der Waals surface area contributed by atoms with E-state index < -0.39 is 0 Å². The molecule has 90 valence electrons. The van der Waals surface area contributed by atoms with Crippen molar-refractivity contribution in [1.29, 1.82) is 0 Å². The molecule has 2 atom stereocenters. The predicted octanol–water partition coefficient (Wildman–Crippen LogP) is 3.22. The van der Waals surface area contributed by atoms with Gasteiger partial charge in [-0.15, -0.1) is 11.3 Å². The first kappa shape index (κ1) is 12.1. The van der Waals surface area contributed by atoms with E-state index in [-0.39, 0.29) is 17.6 Å². The topological polar surface area (TPSA) is 35.2 Å². The van der Waals surface area contributed by atoms with E-state index in [0.29, 0.717) is 0 Å². The lowest BCUT2D eigenvalue weighted by atomic mass is 9.95. The summed E-state index contributed by atoms with van der Waals surface area (Å²) in [6.45, 7) is 7.57. The first-order valence-electron chi connectivity index (χ1n) is 5.96. The van der Waals surface area contributed by atoms with Crippen molar-refractivity contribution in [2.24, 2.45) is 5.73 Å². The lowest BCUT2D eigenvalue weighted by Crippen LogP contribution is -2.33. The van der Waals surface area contributed by atoms with Crippen molar-refractivity contribution in [2.75, 3.05) is 6.61 Å². The Labute approximate surface area is 102 Å². The van der Waals surface area contributed by atoms with Gasteiger partial charge in [-0.05, 0) is 30.4 Å². The van der Waals surface area contributed by atoms with E-state index in [9.17, 15) is 0 Å². The molecule has 1 fully saturated rings. The van der Waals surface area contributed by atoms with Crippen molar-refractivity contribution >= 4 is 11.3 Å². The SMILES string of the molecule is CC(C)(C)c1ccc(C2OCCCC2N)s1. The molecule has 1 saturated heterocycles. The van der Waals surface area contributed by atoms with E-state index in [2.05, 4.69) is 32.9 Å². The van der Waals surface area contributed by atoms with Crippen LogP contribution in [0.5, 0.6) is 0 Å². The summed E-state index contributed by atoms with van der Waals surface area (Å²) in [6.07, 6.45) is 2.29. The fourth-order valence-corrected chi connectivity index (χ4v) is 3.20. The second-order valence-corrected chi connectivity index (χ2v) is 6.66. The molecule has 0 bridgehead atoms. The van der Waals surface area contributed by atoms with Gasteiger partial charge in [0.05, 0.1) is 0 Å². The Kier molecular flexibility index (Phi) is 3.38. The van der Waals surface area contributed by atoms with Gasteiger partial charge in [-0.1, -0.05) is 20.8 Å². The molecule has 1 aromatic heterocycles. The van der Waals surface area contributed by atoms with Gasteiger partial charge in [0.15, 0.2) is 0 Å². The van der Waals surface area contributed by atoms with Crippen LogP contribution in [-0.4, -0.2) is 12.6 Å². The van der Waals surface area contributed by atoms with Crippen molar-refractivity contribution in [1.82, 2.24) is 0 Å². The maximum absolute atomic E-state index is 6.11. The molecule has 2 nitrogen and oxygen atoms in total. The zero-order valence-electron chi connectivity index (χ0n) is 10.3. The van der Waals surface area contributed by atoms with Gasteiger partial charge in [-0.2, -0.15) is 0 Å². The molecule has 0 aliphatic carbocycles. The second-order valence-electron chi connectivity index (χ2n) is 5.55. The smallest absolute Gasteiger partial charge is 0.107 e. The molecular formula is C13H21NOS. The number of thiophene rings is 1. The molecule has 2 rings (SSSR count). The summed E-state index contributed by atoms with van der Waals surface area (Å²) in [7, 11) is 0. The predicted molar refractivity (Wildman–Crippen MR) is 68.9 cm³/mol. The van der Waals surface area contributed by atoms with Crippen LogP contribution in [0.3, 0.4) is 0 Å². The summed E-state index contributed by atoms with van der Waals surface area (Å²) >= 11 is 1.85. The molecule has 3 heteroatoms. The molecule has 2 heterocycles. The molecule has 0 amide bonds. The third-order valence-electron chi connectivity index (χ3n) is 3.01. The molecule has 0 saturated carbocycles. The van der Waals surface area contributed by atoms with Crippen molar-refractivity contribution in [3.8, 4) is 0 Å². The molecule has 2 unspecified atom stereocenters. The summed E-state index contributed by atoms with van der Waals surface area (Å²) in [5.41, 5.74) is 6.33. The lowest BCUT2D eigenvalue weighted by Gasteiger charge is -2.28. The van der Waals surface area contributed by atoms with Crippen LogP contribution in [0.15, 0.2) is 12.1 Å². The Morgan fingerprint density at radius 1 is 1.38 bits per heavy atom. The quantitative estimate of drug-likeness (QED) is 0.816. The molecule has 1 aliphatic heterocycles. The Bertz CT molecular complexity index is 353. The van der Waals surface area contributed by atoms with Crippen LogP contribution in [0.1, 0.15) is 49.5 Å². The average molecular weight is 239 g/mol. The molecular weight excluding hydrogens is 218 g/mol. The number of hydrogen-bond donors (Lipinski definition) is 1. The van der Waals surface area contributed by atoms with Gasteiger partial charge in [-0.3, -0.25) is 0 Å². The minimum Gasteiger partial charge on any atom is -0.371 e.